The van der Waals surface area contributed by atoms with Crippen LogP contribution in [0.5, 0.6) is 0 Å². The molecule has 0 amide bonds. The molecule has 0 bridgehead atoms. The molecule has 1 aromatic rings. The summed E-state index contributed by atoms with van der Waals surface area (Å²) in [6.07, 6.45) is -4.15. The Balaban J connectivity index is 0.00000441. The quantitative estimate of drug-likeness (QED) is 0.413. The van der Waals surface area contributed by atoms with E-state index in [4.69, 9.17) is 10.5 Å². The highest BCUT2D eigenvalue weighted by Gasteiger charge is 2.26. The predicted octanol–water partition coefficient (Wildman–Crippen LogP) is 3.20. The molecule has 0 aliphatic heterocycles. The molecule has 0 heterocycles. The van der Waals surface area contributed by atoms with Crippen molar-refractivity contribution < 1.29 is 17.9 Å². The van der Waals surface area contributed by atoms with Gasteiger partial charge in [0.25, 0.3) is 0 Å². The predicted molar refractivity (Wildman–Crippen MR) is 91.2 cm³/mol. The maximum Gasteiger partial charge on any atom is 0.405 e. The second-order valence-corrected chi connectivity index (χ2v) is 4.85. The molecule has 22 heavy (non-hydrogen) atoms. The first-order chi connectivity index (χ1) is 9.76. The Hall–Kier alpha value is -1.03. The van der Waals surface area contributed by atoms with E-state index in [1.54, 1.807) is 0 Å². The van der Waals surface area contributed by atoms with Crippen LogP contribution < -0.4 is 11.1 Å². The first-order valence-corrected chi connectivity index (χ1v) is 6.56. The minimum Gasteiger partial charge on any atom is -0.374 e. The van der Waals surface area contributed by atoms with Crippen LogP contribution in [-0.4, -0.2) is 24.8 Å². The van der Waals surface area contributed by atoms with Crippen molar-refractivity contribution in [1.29, 1.82) is 0 Å². The van der Waals surface area contributed by atoms with Crippen molar-refractivity contribution in [2.75, 3.05) is 6.54 Å². The van der Waals surface area contributed by atoms with Gasteiger partial charge in [0, 0.05) is 0 Å². The van der Waals surface area contributed by atoms with E-state index < -0.39 is 12.7 Å². The van der Waals surface area contributed by atoms with Crippen molar-refractivity contribution in [2.24, 2.45) is 10.7 Å². The lowest BCUT2D eigenvalue weighted by molar-refractivity contribution is -0.122. The van der Waals surface area contributed by atoms with Gasteiger partial charge in [0.2, 0.25) is 0 Å². The number of ether oxygens (including phenoxy) is 1. The maximum absolute atomic E-state index is 12.0. The van der Waals surface area contributed by atoms with E-state index in [0.29, 0.717) is 6.61 Å². The molecule has 8 heteroatoms. The van der Waals surface area contributed by atoms with Crippen molar-refractivity contribution in [3.8, 4) is 0 Å². The van der Waals surface area contributed by atoms with Crippen LogP contribution in [-0.2, 0) is 17.9 Å². The average Bonchev–Trinajstić information content (AvgIpc) is 2.41. The minimum absolute atomic E-state index is 0. The highest BCUT2D eigenvalue weighted by atomic mass is 127. The molecule has 0 atom stereocenters. The number of benzene rings is 1. The smallest absolute Gasteiger partial charge is 0.374 e. The summed E-state index contributed by atoms with van der Waals surface area (Å²) >= 11 is 0. The van der Waals surface area contributed by atoms with Gasteiger partial charge in [-0.1, -0.05) is 24.3 Å². The summed E-state index contributed by atoms with van der Waals surface area (Å²) in [7, 11) is 0. The topological polar surface area (TPSA) is 59.6 Å². The van der Waals surface area contributed by atoms with Crippen LogP contribution >= 0.6 is 24.0 Å². The molecule has 3 N–H and O–H groups in total. The number of rotatable bonds is 6. The monoisotopic (exact) mass is 431 g/mol. The van der Waals surface area contributed by atoms with Crippen molar-refractivity contribution in [3.05, 3.63) is 35.4 Å². The Morgan fingerprint density at radius 3 is 2.27 bits per heavy atom. The summed E-state index contributed by atoms with van der Waals surface area (Å²) in [5, 5.41) is 2.02. The van der Waals surface area contributed by atoms with Gasteiger partial charge in [0.15, 0.2) is 5.96 Å². The zero-order valence-corrected chi connectivity index (χ0v) is 14.8. The van der Waals surface area contributed by atoms with Crippen molar-refractivity contribution in [1.82, 2.24) is 5.32 Å². The molecular weight excluding hydrogens is 410 g/mol. The number of hydrogen-bond acceptors (Lipinski definition) is 2. The first-order valence-electron chi connectivity index (χ1n) is 6.56. The van der Waals surface area contributed by atoms with Crippen molar-refractivity contribution in [3.63, 3.8) is 0 Å². The first kappa shape index (κ1) is 21.0. The number of nitrogens with one attached hydrogen (secondary N) is 1. The Morgan fingerprint density at radius 2 is 1.77 bits per heavy atom. The molecule has 1 aromatic carbocycles. The van der Waals surface area contributed by atoms with Crippen LogP contribution in [0, 0.1) is 0 Å². The Kier molecular flexibility index (Phi) is 9.42. The van der Waals surface area contributed by atoms with E-state index in [9.17, 15) is 13.2 Å². The Bertz CT molecular complexity index is 461. The van der Waals surface area contributed by atoms with Gasteiger partial charge in [-0.15, -0.1) is 24.0 Å². The summed E-state index contributed by atoms with van der Waals surface area (Å²) < 4.78 is 41.4. The standard InChI is InChI=1S/C14H20F3N3O.HI/c1-10(2)21-8-12-5-3-11(4-6-12)7-19-13(18)20-9-14(15,16)17;/h3-6,10H,7-9H2,1-2H3,(H3,18,19,20);1H. The minimum atomic E-state index is -4.31. The number of nitrogens with two attached hydrogens (primary N) is 1. The van der Waals surface area contributed by atoms with Crippen LogP contribution in [0.4, 0.5) is 13.2 Å². The fourth-order valence-corrected chi connectivity index (χ4v) is 1.43. The second-order valence-electron chi connectivity index (χ2n) is 4.85. The lowest BCUT2D eigenvalue weighted by atomic mass is 10.1. The summed E-state index contributed by atoms with van der Waals surface area (Å²) in [4.78, 5) is 3.85. The van der Waals surface area contributed by atoms with E-state index in [1.165, 1.54) is 0 Å². The van der Waals surface area contributed by atoms with Gasteiger partial charge in [-0.25, -0.2) is 4.99 Å². The van der Waals surface area contributed by atoms with Crippen LogP contribution in [0.2, 0.25) is 0 Å². The highest BCUT2D eigenvalue weighted by molar-refractivity contribution is 14.0. The molecule has 0 radical (unpaired) electrons. The molecule has 0 aliphatic carbocycles. The van der Waals surface area contributed by atoms with Gasteiger partial charge < -0.3 is 15.8 Å². The number of nitrogens with zero attached hydrogens (tertiary/aromatic N) is 1. The lowest BCUT2D eigenvalue weighted by Crippen LogP contribution is -2.38. The molecule has 0 aromatic heterocycles. The largest absolute Gasteiger partial charge is 0.405 e. The SMILES string of the molecule is CC(C)OCc1ccc(CN=C(N)NCC(F)(F)F)cc1.I. The molecule has 0 saturated carbocycles. The number of hydrogen-bond donors (Lipinski definition) is 2. The molecule has 1 rings (SSSR count). The third-order valence-corrected chi connectivity index (χ3v) is 2.51. The molecule has 0 saturated heterocycles. The third-order valence-electron chi connectivity index (χ3n) is 2.51. The summed E-state index contributed by atoms with van der Waals surface area (Å²) in [5.41, 5.74) is 7.25. The van der Waals surface area contributed by atoms with Crippen LogP contribution in [0.25, 0.3) is 0 Å². The molecule has 0 fully saturated rings. The third kappa shape index (κ3) is 9.82. The normalized spacial score (nSPS) is 12.2. The summed E-state index contributed by atoms with van der Waals surface area (Å²) in [6, 6.07) is 7.48. The number of alkyl halides is 3. The fraction of sp³-hybridized carbons (Fsp3) is 0.500. The molecule has 4 nitrogen and oxygen atoms in total. The zero-order chi connectivity index (χ0) is 15.9. The van der Waals surface area contributed by atoms with Crippen LogP contribution in [0.1, 0.15) is 25.0 Å². The van der Waals surface area contributed by atoms with E-state index in [1.807, 2.05) is 43.4 Å². The Labute approximate surface area is 145 Å². The van der Waals surface area contributed by atoms with E-state index >= 15 is 0 Å². The van der Waals surface area contributed by atoms with Crippen LogP contribution in [0.15, 0.2) is 29.3 Å². The van der Waals surface area contributed by atoms with Gasteiger partial charge in [-0.3, -0.25) is 0 Å². The number of aliphatic imine (C=N–C) groups is 1. The van der Waals surface area contributed by atoms with Gasteiger partial charge >= 0.3 is 6.18 Å². The van der Waals surface area contributed by atoms with Gasteiger partial charge in [-0.2, -0.15) is 13.2 Å². The summed E-state index contributed by atoms with van der Waals surface area (Å²) in [5.74, 6) is -0.223. The van der Waals surface area contributed by atoms with Crippen molar-refractivity contribution >= 4 is 29.9 Å². The van der Waals surface area contributed by atoms with Crippen molar-refractivity contribution in [2.45, 2.75) is 39.3 Å². The number of guanidine groups is 1. The fourth-order valence-electron chi connectivity index (χ4n) is 1.43. The van der Waals surface area contributed by atoms with Gasteiger partial charge in [-0.05, 0) is 25.0 Å². The molecule has 126 valence electrons. The lowest BCUT2D eigenvalue weighted by Gasteiger charge is -2.09. The van der Waals surface area contributed by atoms with Gasteiger partial charge in [0.05, 0.1) is 19.3 Å². The number of halogens is 4. The highest BCUT2D eigenvalue weighted by Crippen LogP contribution is 2.12. The second kappa shape index (κ2) is 9.88. The average molecular weight is 431 g/mol. The van der Waals surface area contributed by atoms with E-state index in [-0.39, 0.29) is 42.6 Å². The molecule has 0 aliphatic rings. The van der Waals surface area contributed by atoms with Crippen LogP contribution in [0.3, 0.4) is 0 Å². The van der Waals surface area contributed by atoms with E-state index in [2.05, 4.69) is 4.99 Å². The maximum atomic E-state index is 12.0. The van der Waals surface area contributed by atoms with Gasteiger partial charge in [0.1, 0.15) is 6.54 Å². The molecule has 0 unspecified atom stereocenters. The van der Waals surface area contributed by atoms with E-state index in [0.717, 1.165) is 11.1 Å². The summed E-state index contributed by atoms with van der Waals surface area (Å²) in [6.45, 7) is 3.48. The zero-order valence-electron chi connectivity index (χ0n) is 12.5. The molecule has 0 spiro atoms. The Morgan fingerprint density at radius 1 is 1.23 bits per heavy atom. The molecular formula is C14H21F3IN3O.